The third-order valence-corrected chi connectivity index (χ3v) is 3.50. The van der Waals surface area contributed by atoms with Gasteiger partial charge in [-0.25, -0.2) is 9.37 Å². The van der Waals surface area contributed by atoms with Gasteiger partial charge in [0.2, 0.25) is 0 Å². The van der Waals surface area contributed by atoms with Crippen LogP contribution in [-0.2, 0) is 0 Å². The van der Waals surface area contributed by atoms with Gasteiger partial charge in [-0.15, -0.1) is 0 Å². The Morgan fingerprint density at radius 2 is 2.11 bits per heavy atom. The Morgan fingerprint density at radius 1 is 1.28 bits per heavy atom. The van der Waals surface area contributed by atoms with E-state index in [0.29, 0.717) is 4.47 Å². The lowest BCUT2D eigenvalue weighted by atomic mass is 10.2. The lowest BCUT2D eigenvalue weighted by molar-refractivity contribution is 0.621. The van der Waals surface area contributed by atoms with Crippen LogP contribution >= 0.6 is 15.9 Å². The van der Waals surface area contributed by atoms with E-state index < -0.39 is 0 Å². The lowest BCUT2D eigenvalue weighted by Gasteiger charge is -1.98. The summed E-state index contributed by atoms with van der Waals surface area (Å²) in [6.07, 6.45) is 3.90. The quantitative estimate of drug-likeness (QED) is 0.658. The minimum absolute atomic E-state index is 0.265. The molecule has 0 amide bonds. The molecule has 0 bridgehead atoms. The number of hydrogen-bond acceptors (Lipinski definition) is 1. The third-order valence-electron chi connectivity index (χ3n) is 2.89. The molecule has 0 saturated heterocycles. The normalized spacial score (nSPS) is 11.1. The molecule has 2 aromatic heterocycles. The monoisotopic (exact) mass is 304 g/mol. The van der Waals surface area contributed by atoms with Gasteiger partial charge in [-0.05, 0) is 52.7 Å². The number of fused-ring (bicyclic) bond motifs is 1. The van der Waals surface area contributed by atoms with Crippen LogP contribution < -0.4 is 0 Å². The fraction of sp³-hybridized carbons (Fsp3) is 0.0714. The maximum Gasteiger partial charge on any atom is 0.140 e. The van der Waals surface area contributed by atoms with Crippen molar-refractivity contribution in [3.05, 3.63) is 58.6 Å². The molecule has 3 aromatic rings. The molecule has 4 heteroatoms. The summed E-state index contributed by atoms with van der Waals surface area (Å²) in [5.41, 5.74) is 3.77. The first kappa shape index (κ1) is 11.4. The van der Waals surface area contributed by atoms with Crippen LogP contribution in [0.4, 0.5) is 4.39 Å². The molecule has 0 spiro atoms. The van der Waals surface area contributed by atoms with Crippen LogP contribution in [0.15, 0.2) is 47.2 Å². The Labute approximate surface area is 112 Å². The summed E-state index contributed by atoms with van der Waals surface area (Å²) in [5.74, 6) is -0.265. The molecule has 0 radical (unpaired) electrons. The SMILES string of the molecule is Cc1cccn2cc(-c3ccc(F)c(Br)c3)nc12. The van der Waals surface area contributed by atoms with Crippen molar-refractivity contribution in [3.8, 4) is 11.3 Å². The average molecular weight is 305 g/mol. The van der Waals surface area contributed by atoms with Crippen molar-refractivity contribution in [2.75, 3.05) is 0 Å². The predicted molar refractivity (Wildman–Crippen MR) is 73.0 cm³/mol. The van der Waals surface area contributed by atoms with Gasteiger partial charge < -0.3 is 4.40 Å². The molecule has 0 N–H and O–H groups in total. The summed E-state index contributed by atoms with van der Waals surface area (Å²) >= 11 is 3.19. The molecule has 0 aliphatic carbocycles. The Kier molecular flexibility index (Phi) is 2.67. The van der Waals surface area contributed by atoms with Crippen molar-refractivity contribution in [1.82, 2.24) is 9.38 Å². The van der Waals surface area contributed by atoms with Crippen LogP contribution in [0, 0.1) is 12.7 Å². The van der Waals surface area contributed by atoms with Crippen LogP contribution in [0.5, 0.6) is 0 Å². The number of rotatable bonds is 1. The van der Waals surface area contributed by atoms with Gasteiger partial charge in [-0.2, -0.15) is 0 Å². The Balaban J connectivity index is 2.19. The highest BCUT2D eigenvalue weighted by Gasteiger charge is 2.08. The van der Waals surface area contributed by atoms with E-state index in [9.17, 15) is 4.39 Å². The number of nitrogens with zero attached hydrogens (tertiary/aromatic N) is 2. The molecule has 0 unspecified atom stereocenters. The van der Waals surface area contributed by atoms with Gasteiger partial charge in [0.1, 0.15) is 11.5 Å². The van der Waals surface area contributed by atoms with Crippen molar-refractivity contribution >= 4 is 21.6 Å². The number of hydrogen-bond donors (Lipinski definition) is 0. The molecule has 3 rings (SSSR count). The Hall–Kier alpha value is -1.68. The fourth-order valence-electron chi connectivity index (χ4n) is 1.95. The van der Waals surface area contributed by atoms with E-state index in [1.165, 1.54) is 6.07 Å². The smallest absolute Gasteiger partial charge is 0.140 e. The van der Waals surface area contributed by atoms with Crippen molar-refractivity contribution in [2.24, 2.45) is 0 Å². The van der Waals surface area contributed by atoms with Crippen molar-refractivity contribution in [1.29, 1.82) is 0 Å². The summed E-state index contributed by atoms with van der Waals surface area (Å²) < 4.78 is 15.6. The van der Waals surface area contributed by atoms with Crippen LogP contribution in [-0.4, -0.2) is 9.38 Å². The van der Waals surface area contributed by atoms with Crippen molar-refractivity contribution < 1.29 is 4.39 Å². The van der Waals surface area contributed by atoms with Gasteiger partial charge in [-0.3, -0.25) is 0 Å². The van der Waals surface area contributed by atoms with Gasteiger partial charge >= 0.3 is 0 Å². The largest absolute Gasteiger partial charge is 0.306 e. The number of aryl methyl sites for hydroxylation is 1. The summed E-state index contributed by atoms with van der Waals surface area (Å²) in [4.78, 5) is 4.57. The number of aromatic nitrogens is 2. The highest BCUT2D eigenvalue weighted by Crippen LogP contribution is 2.25. The van der Waals surface area contributed by atoms with Crippen LogP contribution in [0.25, 0.3) is 16.9 Å². The zero-order chi connectivity index (χ0) is 12.7. The second kappa shape index (κ2) is 4.21. The Bertz CT molecular complexity index is 734. The van der Waals surface area contributed by atoms with Crippen LogP contribution in [0.3, 0.4) is 0 Å². The number of benzene rings is 1. The molecule has 2 heterocycles. The van der Waals surface area contributed by atoms with Crippen molar-refractivity contribution in [2.45, 2.75) is 6.92 Å². The average Bonchev–Trinajstić information content (AvgIpc) is 2.78. The summed E-state index contributed by atoms with van der Waals surface area (Å²) in [5, 5.41) is 0. The molecule has 18 heavy (non-hydrogen) atoms. The number of imidazole rings is 1. The van der Waals surface area contributed by atoms with Gasteiger partial charge in [0, 0.05) is 18.0 Å². The molecule has 0 aliphatic rings. The molecule has 0 fully saturated rings. The zero-order valence-electron chi connectivity index (χ0n) is 9.69. The van der Waals surface area contributed by atoms with Crippen LogP contribution in [0.1, 0.15) is 5.56 Å². The topological polar surface area (TPSA) is 17.3 Å². The van der Waals surface area contributed by atoms with E-state index in [-0.39, 0.29) is 5.82 Å². The molecule has 0 saturated carbocycles. The van der Waals surface area contributed by atoms with Crippen molar-refractivity contribution in [3.63, 3.8) is 0 Å². The first-order valence-corrected chi connectivity index (χ1v) is 6.34. The molecule has 1 aromatic carbocycles. The van der Waals surface area contributed by atoms with Gasteiger partial charge in [-0.1, -0.05) is 6.07 Å². The zero-order valence-corrected chi connectivity index (χ0v) is 11.3. The minimum Gasteiger partial charge on any atom is -0.306 e. The summed E-state index contributed by atoms with van der Waals surface area (Å²) in [6, 6.07) is 8.92. The molecule has 90 valence electrons. The molecule has 0 aliphatic heterocycles. The van der Waals surface area contributed by atoms with E-state index in [1.807, 2.05) is 35.9 Å². The second-order valence-electron chi connectivity index (χ2n) is 4.18. The van der Waals surface area contributed by atoms with Crippen LogP contribution in [0.2, 0.25) is 0 Å². The van der Waals surface area contributed by atoms with E-state index in [2.05, 4.69) is 20.9 Å². The minimum atomic E-state index is -0.265. The maximum atomic E-state index is 13.2. The standard InChI is InChI=1S/C14H10BrFN2/c1-9-3-2-6-18-8-13(17-14(9)18)10-4-5-12(16)11(15)7-10/h2-8H,1H3. The molecular weight excluding hydrogens is 295 g/mol. The van der Waals surface area contributed by atoms with E-state index in [0.717, 1.165) is 22.5 Å². The highest BCUT2D eigenvalue weighted by atomic mass is 79.9. The van der Waals surface area contributed by atoms with E-state index in [4.69, 9.17) is 0 Å². The summed E-state index contributed by atoms with van der Waals surface area (Å²) in [6.45, 7) is 2.02. The number of halogens is 2. The molecule has 2 nitrogen and oxygen atoms in total. The third kappa shape index (κ3) is 1.82. The maximum absolute atomic E-state index is 13.2. The fourth-order valence-corrected chi connectivity index (χ4v) is 2.33. The van der Waals surface area contributed by atoms with Gasteiger partial charge in [0.25, 0.3) is 0 Å². The van der Waals surface area contributed by atoms with Gasteiger partial charge in [0.05, 0.1) is 10.2 Å². The van der Waals surface area contributed by atoms with E-state index >= 15 is 0 Å². The molecular formula is C14H10BrFN2. The van der Waals surface area contributed by atoms with Gasteiger partial charge in [0.15, 0.2) is 0 Å². The first-order chi connectivity index (χ1) is 8.65. The number of pyridine rings is 1. The second-order valence-corrected chi connectivity index (χ2v) is 5.03. The first-order valence-electron chi connectivity index (χ1n) is 5.55. The Morgan fingerprint density at radius 3 is 2.83 bits per heavy atom. The lowest BCUT2D eigenvalue weighted by Crippen LogP contribution is -1.84. The molecule has 0 atom stereocenters. The summed E-state index contributed by atoms with van der Waals surface area (Å²) in [7, 11) is 0. The highest BCUT2D eigenvalue weighted by molar-refractivity contribution is 9.10. The predicted octanol–water partition coefficient (Wildman–Crippen LogP) is 4.21. The van der Waals surface area contributed by atoms with E-state index in [1.54, 1.807) is 12.1 Å².